The van der Waals surface area contributed by atoms with Crippen molar-refractivity contribution in [1.82, 2.24) is 5.32 Å². The summed E-state index contributed by atoms with van der Waals surface area (Å²) < 4.78 is 46.9. The summed E-state index contributed by atoms with van der Waals surface area (Å²) >= 11 is 8.25. The molecule has 0 fully saturated rings. The maximum atomic E-state index is 13.0. The Morgan fingerprint density at radius 1 is 1.32 bits per heavy atom. The van der Waals surface area contributed by atoms with Crippen molar-refractivity contribution in [2.24, 2.45) is 0 Å². The highest BCUT2D eigenvalue weighted by Gasteiger charge is 2.25. The number of hydrogen-bond acceptors (Lipinski definition) is 4. The van der Waals surface area contributed by atoms with E-state index >= 15 is 0 Å². The molecule has 1 aromatic carbocycles. The summed E-state index contributed by atoms with van der Waals surface area (Å²) in [7, 11) is -4.01. The van der Waals surface area contributed by atoms with Crippen LogP contribution in [0, 0.1) is 0 Å². The van der Waals surface area contributed by atoms with Gasteiger partial charge in [-0.15, -0.1) is 0 Å². The SMILES string of the molecule is O=C(N[C@H](CF)[C@H](O)c1ccc(S(=O)(=O)CF)cc1)C(Cl)Br. The molecule has 0 bridgehead atoms. The first-order valence-corrected chi connectivity index (χ1v) is 8.94. The molecule has 5 nitrogen and oxygen atoms in total. The lowest BCUT2D eigenvalue weighted by Gasteiger charge is -2.22. The van der Waals surface area contributed by atoms with Gasteiger partial charge in [0.2, 0.25) is 15.7 Å². The van der Waals surface area contributed by atoms with Crippen LogP contribution in [0.25, 0.3) is 0 Å². The molecule has 22 heavy (non-hydrogen) atoms. The first-order valence-electron chi connectivity index (χ1n) is 5.94. The smallest absolute Gasteiger partial charge is 0.249 e. The molecule has 1 aromatic rings. The molecule has 0 radical (unpaired) electrons. The fraction of sp³-hybridized carbons (Fsp3) is 0.417. The third-order valence-corrected chi connectivity index (χ3v) is 4.69. The third-order valence-electron chi connectivity index (χ3n) is 2.80. The van der Waals surface area contributed by atoms with Gasteiger partial charge in [0.1, 0.15) is 12.8 Å². The first kappa shape index (κ1) is 19.3. The Bertz CT molecular complexity index is 612. The van der Waals surface area contributed by atoms with Gasteiger partial charge >= 0.3 is 0 Å². The van der Waals surface area contributed by atoms with Crippen LogP contribution in [0.4, 0.5) is 8.78 Å². The molecular formula is C12H13BrClF2NO4S. The summed E-state index contributed by atoms with van der Waals surface area (Å²) in [5.41, 5.74) is 0.168. The van der Waals surface area contributed by atoms with Gasteiger partial charge in [0.15, 0.2) is 10.3 Å². The molecule has 0 aliphatic heterocycles. The zero-order valence-electron chi connectivity index (χ0n) is 11.0. The van der Waals surface area contributed by atoms with Gasteiger partial charge in [0.05, 0.1) is 10.9 Å². The molecule has 124 valence electrons. The summed E-state index contributed by atoms with van der Waals surface area (Å²) in [5.74, 6) is -0.722. The second-order valence-electron chi connectivity index (χ2n) is 4.31. The monoisotopic (exact) mass is 419 g/mol. The van der Waals surface area contributed by atoms with Crippen molar-refractivity contribution in [1.29, 1.82) is 0 Å². The number of nitrogens with one attached hydrogen (secondary N) is 1. The van der Waals surface area contributed by atoms with Crippen LogP contribution in [0.5, 0.6) is 0 Å². The average Bonchev–Trinajstić information content (AvgIpc) is 2.51. The lowest BCUT2D eigenvalue weighted by molar-refractivity contribution is -0.121. The minimum Gasteiger partial charge on any atom is -0.386 e. The second kappa shape index (κ2) is 8.19. The van der Waals surface area contributed by atoms with Gasteiger partial charge < -0.3 is 10.4 Å². The summed E-state index contributed by atoms with van der Waals surface area (Å²) in [6.45, 7) is -1.06. The normalized spacial score (nSPS) is 15.9. The van der Waals surface area contributed by atoms with E-state index in [1.807, 2.05) is 0 Å². The molecule has 0 aromatic heterocycles. The van der Waals surface area contributed by atoms with Crippen molar-refractivity contribution in [3.63, 3.8) is 0 Å². The number of aliphatic hydroxyl groups is 1. The number of benzene rings is 1. The van der Waals surface area contributed by atoms with Crippen LogP contribution in [-0.2, 0) is 14.6 Å². The highest BCUT2D eigenvalue weighted by molar-refractivity contribution is 9.10. The third kappa shape index (κ3) is 4.87. The molecule has 0 saturated carbocycles. The fourth-order valence-electron chi connectivity index (χ4n) is 1.62. The Kier molecular flexibility index (Phi) is 7.17. The van der Waals surface area contributed by atoms with Crippen LogP contribution >= 0.6 is 27.5 Å². The Balaban J connectivity index is 2.92. The van der Waals surface area contributed by atoms with E-state index in [4.69, 9.17) is 11.6 Å². The standard InChI is InChI=1S/C12H13BrClF2NO4S/c13-11(14)12(19)17-9(5-15)10(18)7-1-3-8(4-2-7)22(20,21)6-16/h1-4,9-11,18H,5-6H2,(H,17,19)/t9-,10-,11?/m1/s1. The van der Waals surface area contributed by atoms with Gasteiger partial charge in [-0.25, -0.2) is 17.2 Å². The van der Waals surface area contributed by atoms with Gasteiger partial charge in [-0.3, -0.25) is 4.79 Å². The lowest BCUT2D eigenvalue weighted by atomic mass is 10.0. The van der Waals surface area contributed by atoms with Gasteiger partial charge in [-0.1, -0.05) is 39.7 Å². The molecule has 1 amide bonds. The highest BCUT2D eigenvalue weighted by atomic mass is 79.9. The molecule has 1 unspecified atom stereocenters. The minimum atomic E-state index is -4.01. The number of halogens is 4. The maximum Gasteiger partial charge on any atom is 0.249 e. The van der Waals surface area contributed by atoms with Crippen molar-refractivity contribution >= 4 is 43.3 Å². The van der Waals surface area contributed by atoms with E-state index in [1.54, 1.807) is 0 Å². The molecular weight excluding hydrogens is 408 g/mol. The van der Waals surface area contributed by atoms with Crippen LogP contribution < -0.4 is 5.32 Å². The van der Waals surface area contributed by atoms with Crippen LogP contribution in [0.3, 0.4) is 0 Å². The molecule has 10 heteroatoms. The van der Waals surface area contributed by atoms with Crippen LogP contribution in [0.15, 0.2) is 29.2 Å². The Labute approximate surface area is 139 Å². The van der Waals surface area contributed by atoms with Crippen molar-refractivity contribution in [2.45, 2.75) is 21.3 Å². The van der Waals surface area contributed by atoms with E-state index in [0.29, 0.717) is 0 Å². The number of alkyl halides is 4. The Morgan fingerprint density at radius 3 is 2.27 bits per heavy atom. The van der Waals surface area contributed by atoms with Gasteiger partial charge in [0, 0.05) is 0 Å². The molecule has 0 aliphatic rings. The summed E-state index contributed by atoms with van der Waals surface area (Å²) in [6, 6.07) is 1.83. The Morgan fingerprint density at radius 2 is 1.86 bits per heavy atom. The van der Waals surface area contributed by atoms with Crippen molar-refractivity contribution in [2.75, 3.05) is 12.7 Å². The van der Waals surface area contributed by atoms with E-state index in [0.717, 1.165) is 12.1 Å². The van der Waals surface area contributed by atoms with E-state index in [1.165, 1.54) is 12.1 Å². The highest BCUT2D eigenvalue weighted by Crippen LogP contribution is 2.21. The van der Waals surface area contributed by atoms with E-state index in [-0.39, 0.29) is 10.5 Å². The number of carbonyl (C=O) groups excluding carboxylic acids is 1. The van der Waals surface area contributed by atoms with Crippen molar-refractivity contribution in [3.05, 3.63) is 29.8 Å². The molecule has 0 spiro atoms. The number of sulfone groups is 1. The fourth-order valence-corrected chi connectivity index (χ4v) is 2.49. The molecule has 0 aliphatic carbocycles. The zero-order chi connectivity index (χ0) is 16.9. The molecule has 2 N–H and O–H groups in total. The number of rotatable bonds is 7. The van der Waals surface area contributed by atoms with E-state index in [2.05, 4.69) is 21.2 Å². The number of aliphatic hydroxyl groups excluding tert-OH is 1. The quantitative estimate of drug-likeness (QED) is 0.659. The van der Waals surface area contributed by atoms with Gasteiger partial charge in [-0.05, 0) is 17.7 Å². The van der Waals surface area contributed by atoms with E-state index < -0.39 is 44.9 Å². The largest absolute Gasteiger partial charge is 0.386 e. The van der Waals surface area contributed by atoms with Crippen LogP contribution in [0.1, 0.15) is 11.7 Å². The topological polar surface area (TPSA) is 83.5 Å². The average molecular weight is 421 g/mol. The molecule has 3 atom stereocenters. The number of carbonyl (C=O) groups is 1. The van der Waals surface area contributed by atoms with Gasteiger partial charge in [0.25, 0.3) is 0 Å². The molecule has 0 heterocycles. The van der Waals surface area contributed by atoms with Crippen molar-refractivity contribution < 1.29 is 27.1 Å². The second-order valence-corrected chi connectivity index (χ2v) is 8.11. The van der Waals surface area contributed by atoms with Crippen LogP contribution in [-0.4, -0.2) is 42.4 Å². The predicted molar refractivity (Wildman–Crippen MR) is 81.0 cm³/mol. The van der Waals surface area contributed by atoms with E-state index in [9.17, 15) is 27.1 Å². The van der Waals surface area contributed by atoms with Gasteiger partial charge in [-0.2, -0.15) is 0 Å². The minimum absolute atomic E-state index is 0.168. The maximum absolute atomic E-state index is 13.0. The molecule has 1 rings (SSSR count). The summed E-state index contributed by atoms with van der Waals surface area (Å²) in [6.07, 6.45) is -1.42. The zero-order valence-corrected chi connectivity index (χ0v) is 14.2. The summed E-state index contributed by atoms with van der Waals surface area (Å²) in [4.78, 5) is 11.1. The first-order chi connectivity index (χ1) is 10.2. The van der Waals surface area contributed by atoms with Crippen molar-refractivity contribution in [3.8, 4) is 0 Å². The number of amides is 1. The lowest BCUT2D eigenvalue weighted by Crippen LogP contribution is -2.43. The predicted octanol–water partition coefficient (Wildman–Crippen LogP) is 1.83. The van der Waals surface area contributed by atoms with Crippen LogP contribution in [0.2, 0.25) is 0 Å². The Hall–Kier alpha value is -0.770. The molecule has 0 saturated heterocycles. The number of hydrogen-bond donors (Lipinski definition) is 2. The summed E-state index contributed by atoms with van der Waals surface area (Å²) in [5, 5.41) is 12.2.